The minimum Gasteiger partial charge on any atom is -0.444 e. The summed E-state index contributed by atoms with van der Waals surface area (Å²) >= 11 is 6.37. The van der Waals surface area contributed by atoms with Crippen molar-refractivity contribution in [2.75, 3.05) is 6.54 Å². The van der Waals surface area contributed by atoms with E-state index < -0.39 is 44.3 Å². The molecule has 1 saturated heterocycles. The first-order valence-corrected chi connectivity index (χ1v) is 13.0. The van der Waals surface area contributed by atoms with Crippen molar-refractivity contribution in [3.05, 3.63) is 41.7 Å². The average molecular weight is 520 g/mol. The number of nitrogens with zero attached hydrogens (tertiary/aromatic N) is 4. The molecule has 1 aliphatic carbocycles. The highest BCUT2D eigenvalue weighted by atomic mass is 35.5. The number of benzene rings is 1. The van der Waals surface area contributed by atoms with E-state index in [2.05, 4.69) is 16.5 Å². The molecule has 2 aromatic rings. The monoisotopic (exact) mass is 519 g/mol. The minimum absolute atomic E-state index is 0.0103. The van der Waals surface area contributed by atoms with Gasteiger partial charge in [-0.1, -0.05) is 11.6 Å². The van der Waals surface area contributed by atoms with Gasteiger partial charge >= 0.3 is 6.09 Å². The molecule has 1 aromatic carbocycles. The number of halogens is 1. The Morgan fingerprint density at radius 1 is 1.31 bits per heavy atom. The highest BCUT2D eigenvalue weighted by molar-refractivity contribution is 7.92. The summed E-state index contributed by atoms with van der Waals surface area (Å²) in [7, 11) is -4.02. The molecule has 1 N–H and O–H groups in total. The van der Waals surface area contributed by atoms with Crippen molar-refractivity contribution >= 4 is 33.4 Å². The van der Waals surface area contributed by atoms with Gasteiger partial charge in [0.05, 0.1) is 26.9 Å². The fraction of sp³-hybridized carbons (Fsp3) is 0.478. The number of ether oxygens (including phenoxy) is 1. The van der Waals surface area contributed by atoms with E-state index in [0.29, 0.717) is 18.5 Å². The number of carbonyl (C=O) groups is 2. The standard InChI is InChI=1S/C23H26ClN5O5S/c1-22(2,3)34-21(31)28-13-16(12-18(28)20(30)27-23(14-25)7-8-23)35(32,33)19-6-5-15(11-17(19)24)29-10-4-9-26-29/h4-6,9-11,16,18H,7-8,12-13H2,1-3H3,(H,27,30)/t16-,18+/m1/s1. The molecule has 0 radical (unpaired) electrons. The van der Waals surface area contributed by atoms with Crippen LogP contribution in [0.25, 0.3) is 5.69 Å². The Kier molecular flexibility index (Phi) is 6.32. The molecule has 2 aliphatic rings. The third-order valence-electron chi connectivity index (χ3n) is 5.95. The summed E-state index contributed by atoms with van der Waals surface area (Å²) in [5.74, 6) is -0.576. The second-order valence-electron chi connectivity index (χ2n) is 9.80. The molecule has 35 heavy (non-hydrogen) atoms. The summed E-state index contributed by atoms with van der Waals surface area (Å²) in [5.41, 5.74) is -1.21. The maximum Gasteiger partial charge on any atom is 0.411 e. The van der Waals surface area contributed by atoms with Crippen LogP contribution in [0.5, 0.6) is 0 Å². The van der Waals surface area contributed by atoms with Crippen LogP contribution in [0, 0.1) is 11.3 Å². The normalized spacial score (nSPS) is 21.3. The third kappa shape index (κ3) is 5.13. The van der Waals surface area contributed by atoms with Crippen molar-refractivity contribution in [2.45, 2.75) is 67.4 Å². The third-order valence-corrected chi connectivity index (χ3v) is 8.56. The highest BCUT2D eigenvalue weighted by Crippen LogP contribution is 2.37. The first kappa shape index (κ1) is 25.0. The Hall–Kier alpha value is -3.10. The Morgan fingerprint density at radius 3 is 2.57 bits per heavy atom. The Morgan fingerprint density at radius 2 is 2.03 bits per heavy atom. The molecule has 0 spiro atoms. The fourth-order valence-corrected chi connectivity index (χ4v) is 6.20. The number of rotatable bonds is 5. The van der Waals surface area contributed by atoms with Crippen LogP contribution in [-0.4, -0.2) is 64.1 Å². The van der Waals surface area contributed by atoms with E-state index in [1.165, 1.54) is 12.1 Å². The number of hydrogen-bond donors (Lipinski definition) is 1. The van der Waals surface area contributed by atoms with E-state index in [1.807, 2.05) is 0 Å². The van der Waals surface area contributed by atoms with Crippen LogP contribution >= 0.6 is 11.6 Å². The van der Waals surface area contributed by atoms with E-state index >= 15 is 0 Å². The predicted octanol–water partition coefficient (Wildman–Crippen LogP) is 2.85. The lowest BCUT2D eigenvalue weighted by atomic mass is 10.2. The Balaban J connectivity index is 1.62. The largest absolute Gasteiger partial charge is 0.444 e. The van der Waals surface area contributed by atoms with Gasteiger partial charge in [0.1, 0.15) is 17.2 Å². The first-order valence-electron chi connectivity index (χ1n) is 11.1. The number of likely N-dealkylation sites (tertiary alicyclic amines) is 1. The summed E-state index contributed by atoms with van der Waals surface area (Å²) in [4.78, 5) is 27.0. The lowest BCUT2D eigenvalue weighted by molar-refractivity contribution is -0.126. The topological polar surface area (TPSA) is 134 Å². The van der Waals surface area contributed by atoms with Crippen molar-refractivity contribution in [1.82, 2.24) is 20.0 Å². The molecular formula is C23H26ClN5O5S. The summed E-state index contributed by atoms with van der Waals surface area (Å²) in [6.07, 6.45) is 3.37. The quantitative estimate of drug-likeness (QED) is 0.641. The SMILES string of the molecule is CC(C)(C)OC(=O)N1C[C@H](S(=O)(=O)c2ccc(-n3cccn3)cc2Cl)C[C@H]1C(=O)NC1(C#N)CC1. The van der Waals surface area contributed by atoms with Gasteiger partial charge in [-0.3, -0.25) is 9.69 Å². The van der Waals surface area contributed by atoms with Crippen molar-refractivity contribution in [1.29, 1.82) is 5.26 Å². The molecule has 2 atom stereocenters. The lowest BCUT2D eigenvalue weighted by Crippen LogP contribution is -2.50. The van der Waals surface area contributed by atoms with Crippen LogP contribution in [0.1, 0.15) is 40.0 Å². The summed E-state index contributed by atoms with van der Waals surface area (Å²) in [6.45, 7) is 4.80. The summed E-state index contributed by atoms with van der Waals surface area (Å²) < 4.78 is 34.1. The number of nitriles is 1. The number of carbonyl (C=O) groups excluding carboxylic acids is 2. The van der Waals surface area contributed by atoms with Gasteiger partial charge in [-0.2, -0.15) is 10.4 Å². The van der Waals surface area contributed by atoms with Crippen molar-refractivity contribution < 1.29 is 22.7 Å². The zero-order valence-corrected chi connectivity index (χ0v) is 21.1. The molecule has 2 heterocycles. The molecule has 1 aliphatic heterocycles. The van der Waals surface area contributed by atoms with Crippen LogP contribution < -0.4 is 5.32 Å². The van der Waals surface area contributed by atoms with Gasteiger partial charge in [0.2, 0.25) is 5.91 Å². The summed E-state index contributed by atoms with van der Waals surface area (Å²) in [5, 5.41) is 15.0. The van der Waals surface area contributed by atoms with Gasteiger partial charge < -0.3 is 10.1 Å². The smallest absolute Gasteiger partial charge is 0.411 e. The van der Waals surface area contributed by atoms with Crippen molar-refractivity contribution in [3.8, 4) is 11.8 Å². The maximum absolute atomic E-state index is 13.6. The van der Waals surface area contributed by atoms with Gasteiger partial charge in [0, 0.05) is 18.9 Å². The van der Waals surface area contributed by atoms with Crippen LogP contribution in [0.2, 0.25) is 5.02 Å². The first-order chi connectivity index (χ1) is 16.3. The summed E-state index contributed by atoms with van der Waals surface area (Å²) in [6, 6.07) is 7.18. The van der Waals surface area contributed by atoms with E-state index in [0.717, 1.165) is 4.90 Å². The van der Waals surface area contributed by atoms with Gasteiger partial charge in [-0.05, 0) is 64.3 Å². The molecule has 10 nitrogen and oxygen atoms in total. The molecule has 0 bridgehead atoms. The van der Waals surface area contributed by atoms with E-state index in [1.54, 1.807) is 50.0 Å². The van der Waals surface area contributed by atoms with Crippen molar-refractivity contribution in [2.24, 2.45) is 0 Å². The number of hydrogen-bond acceptors (Lipinski definition) is 7. The second-order valence-corrected chi connectivity index (χ2v) is 12.4. The maximum atomic E-state index is 13.6. The molecule has 4 rings (SSSR count). The minimum atomic E-state index is -4.02. The number of amides is 2. The molecule has 2 fully saturated rings. The van der Waals surface area contributed by atoms with E-state index in [4.69, 9.17) is 16.3 Å². The molecule has 12 heteroatoms. The number of aromatic nitrogens is 2. The van der Waals surface area contributed by atoms with Gasteiger partial charge in [0.25, 0.3) is 0 Å². The fourth-order valence-electron chi connectivity index (χ4n) is 3.97. The molecule has 0 unspecified atom stereocenters. The lowest BCUT2D eigenvalue weighted by Gasteiger charge is -2.28. The average Bonchev–Trinajstić information content (AvgIpc) is 3.18. The molecule has 186 valence electrons. The van der Waals surface area contributed by atoms with Crippen LogP contribution in [0.3, 0.4) is 0 Å². The molecule has 2 amide bonds. The number of nitrogens with one attached hydrogen (secondary N) is 1. The van der Waals surface area contributed by atoms with Crippen LogP contribution in [0.4, 0.5) is 4.79 Å². The molecule has 1 aromatic heterocycles. The van der Waals surface area contributed by atoms with Gasteiger partial charge in [-0.25, -0.2) is 17.9 Å². The van der Waals surface area contributed by atoms with Crippen LogP contribution in [0.15, 0.2) is 41.6 Å². The second kappa shape index (κ2) is 8.84. The van der Waals surface area contributed by atoms with E-state index in [-0.39, 0.29) is 22.9 Å². The highest BCUT2D eigenvalue weighted by Gasteiger charge is 2.51. The Labute approximate surface area is 208 Å². The van der Waals surface area contributed by atoms with Gasteiger partial charge in [-0.15, -0.1) is 0 Å². The Bertz CT molecular complexity index is 1290. The van der Waals surface area contributed by atoms with Crippen LogP contribution in [-0.2, 0) is 19.4 Å². The predicted molar refractivity (Wildman–Crippen MR) is 127 cm³/mol. The number of sulfone groups is 1. The molecular weight excluding hydrogens is 494 g/mol. The zero-order chi connectivity index (χ0) is 25.6. The zero-order valence-electron chi connectivity index (χ0n) is 19.6. The van der Waals surface area contributed by atoms with Crippen molar-refractivity contribution in [3.63, 3.8) is 0 Å². The molecule has 1 saturated carbocycles. The van der Waals surface area contributed by atoms with E-state index in [9.17, 15) is 23.3 Å². The van der Waals surface area contributed by atoms with Gasteiger partial charge in [0.15, 0.2) is 9.84 Å².